The summed E-state index contributed by atoms with van der Waals surface area (Å²) in [5, 5.41) is 12.2. The van der Waals surface area contributed by atoms with E-state index in [4.69, 9.17) is 0 Å². The maximum absolute atomic E-state index is 4.04. The van der Waals surface area contributed by atoms with Crippen molar-refractivity contribution in [3.63, 3.8) is 0 Å². The van der Waals surface area contributed by atoms with Gasteiger partial charge in [-0.05, 0) is 47.9 Å². The first-order valence-corrected chi connectivity index (χ1v) is 6.67. The van der Waals surface area contributed by atoms with Crippen LogP contribution in [0.1, 0.15) is 20.9 Å². The highest BCUT2D eigenvalue weighted by Crippen LogP contribution is 2.13. The molecule has 0 bridgehead atoms. The molecule has 2 aromatic heterocycles. The minimum absolute atomic E-state index is 1.14. The second-order valence-corrected chi connectivity index (χ2v) is 5.37. The van der Waals surface area contributed by atoms with Crippen LogP contribution in [-0.4, -0.2) is 12.4 Å². The zero-order valence-electron chi connectivity index (χ0n) is 9.18. The van der Waals surface area contributed by atoms with Crippen molar-refractivity contribution in [2.75, 3.05) is 0 Å². The van der Waals surface area contributed by atoms with Gasteiger partial charge in [0, 0.05) is 4.88 Å². The molecule has 16 heavy (non-hydrogen) atoms. The van der Waals surface area contributed by atoms with Gasteiger partial charge in [-0.15, -0.1) is 22.7 Å². The highest BCUT2D eigenvalue weighted by atomic mass is 32.1. The predicted octanol–water partition coefficient (Wildman–Crippen LogP) is 3.88. The molecule has 2 nitrogen and oxygen atoms in total. The van der Waals surface area contributed by atoms with Crippen LogP contribution in [0, 0.1) is 13.8 Å². The average molecular weight is 248 g/mol. The summed E-state index contributed by atoms with van der Waals surface area (Å²) >= 11 is 3.36. The fourth-order valence-corrected chi connectivity index (χ4v) is 2.75. The van der Waals surface area contributed by atoms with Crippen molar-refractivity contribution in [2.45, 2.75) is 13.8 Å². The Morgan fingerprint density at radius 3 is 2.56 bits per heavy atom. The van der Waals surface area contributed by atoms with Crippen LogP contribution in [0.15, 0.2) is 33.1 Å². The third-order valence-corrected chi connectivity index (χ3v) is 4.02. The van der Waals surface area contributed by atoms with Crippen LogP contribution in [0.4, 0.5) is 0 Å². The van der Waals surface area contributed by atoms with Gasteiger partial charge in [0.25, 0.3) is 0 Å². The summed E-state index contributed by atoms with van der Waals surface area (Å²) in [4.78, 5) is 2.30. The van der Waals surface area contributed by atoms with Gasteiger partial charge < -0.3 is 0 Å². The molecular formula is C12H12N2S2. The summed E-state index contributed by atoms with van der Waals surface area (Å²) < 4.78 is 0. The summed E-state index contributed by atoms with van der Waals surface area (Å²) in [6, 6.07) is 4.18. The molecule has 0 aromatic carbocycles. The van der Waals surface area contributed by atoms with E-state index in [9.17, 15) is 0 Å². The van der Waals surface area contributed by atoms with E-state index < -0.39 is 0 Å². The van der Waals surface area contributed by atoms with Crippen LogP contribution in [0.3, 0.4) is 0 Å². The molecule has 0 saturated carbocycles. The zero-order valence-corrected chi connectivity index (χ0v) is 10.8. The molecule has 0 saturated heterocycles. The summed E-state index contributed by atoms with van der Waals surface area (Å²) in [6.45, 7) is 4.15. The summed E-state index contributed by atoms with van der Waals surface area (Å²) in [5.74, 6) is 0. The lowest BCUT2D eigenvalue weighted by atomic mass is 10.3. The first-order chi connectivity index (χ1) is 7.75. The van der Waals surface area contributed by atoms with Crippen molar-refractivity contribution < 1.29 is 0 Å². The molecule has 82 valence electrons. The van der Waals surface area contributed by atoms with Crippen molar-refractivity contribution in [3.8, 4) is 0 Å². The summed E-state index contributed by atoms with van der Waals surface area (Å²) in [5.41, 5.74) is 2.51. The molecule has 0 radical (unpaired) electrons. The zero-order chi connectivity index (χ0) is 11.4. The number of hydrogen-bond acceptors (Lipinski definition) is 4. The first-order valence-electron chi connectivity index (χ1n) is 4.91. The molecule has 0 amide bonds. The van der Waals surface area contributed by atoms with Gasteiger partial charge in [-0.3, -0.25) is 0 Å². The highest BCUT2D eigenvalue weighted by molar-refractivity contribution is 7.12. The van der Waals surface area contributed by atoms with Gasteiger partial charge in [0.05, 0.1) is 17.3 Å². The quantitative estimate of drug-likeness (QED) is 0.582. The van der Waals surface area contributed by atoms with Crippen molar-refractivity contribution >= 4 is 35.1 Å². The lowest BCUT2D eigenvalue weighted by Gasteiger charge is -1.85. The predicted molar refractivity (Wildman–Crippen MR) is 73.3 cm³/mol. The SMILES string of the molecule is Cc1csc(C=NN=Cc2sccc2C)c1. The molecule has 0 unspecified atom stereocenters. The Morgan fingerprint density at radius 1 is 1.12 bits per heavy atom. The molecule has 2 aromatic rings. The number of nitrogens with zero attached hydrogens (tertiary/aromatic N) is 2. The monoisotopic (exact) mass is 248 g/mol. The fourth-order valence-electron chi connectivity index (χ4n) is 1.21. The Kier molecular flexibility index (Phi) is 3.64. The average Bonchev–Trinajstić information content (AvgIpc) is 2.83. The van der Waals surface area contributed by atoms with E-state index in [1.165, 1.54) is 16.0 Å². The van der Waals surface area contributed by atoms with Gasteiger partial charge in [0.1, 0.15) is 0 Å². The smallest absolute Gasteiger partial charge is 0.0670 e. The van der Waals surface area contributed by atoms with Gasteiger partial charge in [-0.25, -0.2) is 0 Å². The minimum atomic E-state index is 1.14. The van der Waals surface area contributed by atoms with E-state index in [0.29, 0.717) is 0 Å². The topological polar surface area (TPSA) is 24.7 Å². The van der Waals surface area contributed by atoms with E-state index >= 15 is 0 Å². The third-order valence-electron chi connectivity index (χ3n) is 2.08. The Bertz CT molecular complexity index is 521. The first kappa shape index (κ1) is 11.2. The standard InChI is InChI=1S/C12H12N2S2/c1-9-5-11(16-8-9)6-13-14-7-12-10(2)3-4-15-12/h3-8H,1-2H3. The van der Waals surface area contributed by atoms with Crippen LogP contribution in [0.5, 0.6) is 0 Å². The minimum Gasteiger partial charge on any atom is -0.158 e. The second kappa shape index (κ2) is 5.18. The van der Waals surface area contributed by atoms with Crippen molar-refractivity contribution in [2.24, 2.45) is 10.2 Å². The van der Waals surface area contributed by atoms with Crippen molar-refractivity contribution in [1.29, 1.82) is 0 Å². The van der Waals surface area contributed by atoms with E-state index in [-0.39, 0.29) is 0 Å². The second-order valence-electron chi connectivity index (χ2n) is 3.48. The number of thiophene rings is 2. The van der Waals surface area contributed by atoms with Crippen LogP contribution in [-0.2, 0) is 0 Å². The molecule has 0 spiro atoms. The number of hydrogen-bond donors (Lipinski definition) is 0. The lowest BCUT2D eigenvalue weighted by molar-refractivity contribution is 1.27. The molecule has 0 N–H and O–H groups in total. The largest absolute Gasteiger partial charge is 0.158 e. The van der Waals surface area contributed by atoms with E-state index in [1.807, 2.05) is 0 Å². The Labute approximate surface area is 103 Å². The molecule has 2 heterocycles. The van der Waals surface area contributed by atoms with Gasteiger partial charge in [0.15, 0.2) is 0 Å². The Balaban J connectivity index is 2.00. The van der Waals surface area contributed by atoms with Crippen molar-refractivity contribution in [1.82, 2.24) is 0 Å². The van der Waals surface area contributed by atoms with Gasteiger partial charge in [0.2, 0.25) is 0 Å². The molecular weight excluding hydrogens is 236 g/mol. The highest BCUT2D eigenvalue weighted by Gasteiger charge is 1.94. The number of aryl methyl sites for hydroxylation is 2. The van der Waals surface area contributed by atoms with Crippen LogP contribution < -0.4 is 0 Å². The molecule has 0 atom stereocenters. The fraction of sp³-hybridized carbons (Fsp3) is 0.167. The summed E-state index contributed by atoms with van der Waals surface area (Å²) in [7, 11) is 0. The Hall–Kier alpha value is -1.26. The third kappa shape index (κ3) is 2.87. The van der Waals surface area contributed by atoms with E-state index in [0.717, 1.165) is 4.88 Å². The maximum atomic E-state index is 4.04. The molecule has 0 aliphatic heterocycles. The van der Waals surface area contributed by atoms with Crippen LogP contribution in [0.25, 0.3) is 0 Å². The van der Waals surface area contributed by atoms with Gasteiger partial charge in [-0.2, -0.15) is 10.2 Å². The lowest BCUT2D eigenvalue weighted by Crippen LogP contribution is -1.77. The Morgan fingerprint density at radius 2 is 1.94 bits per heavy atom. The summed E-state index contributed by atoms with van der Waals surface area (Å²) in [6.07, 6.45) is 3.59. The molecule has 0 aliphatic carbocycles. The van der Waals surface area contributed by atoms with Gasteiger partial charge >= 0.3 is 0 Å². The maximum Gasteiger partial charge on any atom is 0.0670 e. The molecule has 2 rings (SSSR count). The van der Waals surface area contributed by atoms with E-state index in [2.05, 4.69) is 46.9 Å². The number of rotatable bonds is 3. The van der Waals surface area contributed by atoms with Crippen LogP contribution >= 0.6 is 22.7 Å². The van der Waals surface area contributed by atoms with Crippen LogP contribution in [0.2, 0.25) is 0 Å². The molecule has 0 aliphatic rings. The van der Waals surface area contributed by atoms with Gasteiger partial charge in [-0.1, -0.05) is 0 Å². The molecule has 0 fully saturated rings. The van der Waals surface area contributed by atoms with Crippen molar-refractivity contribution in [3.05, 3.63) is 43.8 Å². The molecule has 4 heteroatoms. The van der Waals surface area contributed by atoms with E-state index in [1.54, 1.807) is 35.1 Å². The normalized spacial score (nSPS) is 11.9.